The normalized spacial score (nSPS) is 24.0. The first-order valence-electron chi connectivity index (χ1n) is 7.88. The minimum Gasteiger partial charge on any atom is -0.0683 e. The van der Waals surface area contributed by atoms with Crippen molar-refractivity contribution in [1.82, 2.24) is 0 Å². The molecule has 0 amide bonds. The van der Waals surface area contributed by atoms with Crippen LogP contribution in [-0.2, 0) is 0 Å². The average molecular weight is 224 g/mol. The van der Waals surface area contributed by atoms with Gasteiger partial charge >= 0.3 is 0 Å². The molecule has 0 nitrogen and oxygen atoms in total. The van der Waals surface area contributed by atoms with E-state index in [1.807, 2.05) is 13.8 Å². The van der Waals surface area contributed by atoms with Gasteiger partial charge in [0.15, 0.2) is 0 Å². The van der Waals surface area contributed by atoms with Gasteiger partial charge in [0.1, 0.15) is 0 Å². The van der Waals surface area contributed by atoms with Crippen molar-refractivity contribution in [2.45, 2.75) is 85.0 Å². The standard InChI is InChI=1S/C14H26.C2H6/c1-12(13-8-4-2-5-9-13)14-10-6-3-7-11-14;1-2/h12-14H,2-11H2,1H3;1-2H3. The lowest BCUT2D eigenvalue weighted by Gasteiger charge is -2.35. The summed E-state index contributed by atoms with van der Waals surface area (Å²) in [6, 6.07) is 0. The van der Waals surface area contributed by atoms with Crippen LogP contribution in [-0.4, -0.2) is 0 Å². The Morgan fingerprint density at radius 1 is 0.625 bits per heavy atom. The Bertz CT molecular complexity index is 131. The van der Waals surface area contributed by atoms with Gasteiger partial charge in [0.2, 0.25) is 0 Å². The summed E-state index contributed by atoms with van der Waals surface area (Å²) >= 11 is 0. The Morgan fingerprint density at radius 3 is 1.25 bits per heavy atom. The molecule has 2 saturated carbocycles. The molecule has 0 bridgehead atoms. The van der Waals surface area contributed by atoms with Gasteiger partial charge in [0.25, 0.3) is 0 Å². The maximum Gasteiger partial charge on any atom is -0.0386 e. The summed E-state index contributed by atoms with van der Waals surface area (Å²) < 4.78 is 0. The molecule has 2 aliphatic rings. The summed E-state index contributed by atoms with van der Waals surface area (Å²) in [5.74, 6) is 3.22. The molecular formula is C16H32. The molecule has 0 heteroatoms. The van der Waals surface area contributed by atoms with Crippen LogP contribution in [0, 0.1) is 17.8 Å². The highest BCUT2D eigenvalue weighted by Gasteiger charge is 2.27. The molecule has 2 fully saturated rings. The second-order valence-corrected chi connectivity index (χ2v) is 5.66. The monoisotopic (exact) mass is 224 g/mol. The van der Waals surface area contributed by atoms with Gasteiger partial charge < -0.3 is 0 Å². The second-order valence-electron chi connectivity index (χ2n) is 5.66. The second kappa shape index (κ2) is 8.14. The first-order valence-corrected chi connectivity index (χ1v) is 7.88. The fraction of sp³-hybridized carbons (Fsp3) is 1.00. The van der Waals surface area contributed by atoms with E-state index in [0.29, 0.717) is 0 Å². The van der Waals surface area contributed by atoms with Crippen molar-refractivity contribution in [2.75, 3.05) is 0 Å². The molecule has 0 aliphatic heterocycles. The van der Waals surface area contributed by atoms with E-state index in [9.17, 15) is 0 Å². The number of hydrogen-bond acceptors (Lipinski definition) is 0. The molecule has 0 atom stereocenters. The highest BCUT2D eigenvalue weighted by Crippen LogP contribution is 2.39. The van der Waals surface area contributed by atoms with Gasteiger partial charge in [-0.2, -0.15) is 0 Å². The van der Waals surface area contributed by atoms with Gasteiger partial charge in [0, 0.05) is 0 Å². The third kappa shape index (κ3) is 4.11. The molecule has 2 aliphatic carbocycles. The molecular weight excluding hydrogens is 192 g/mol. The maximum atomic E-state index is 2.55. The van der Waals surface area contributed by atoms with Crippen LogP contribution in [0.1, 0.15) is 85.0 Å². The van der Waals surface area contributed by atoms with E-state index >= 15 is 0 Å². The predicted octanol–water partition coefficient (Wildman–Crippen LogP) is 5.81. The van der Waals surface area contributed by atoms with E-state index in [0.717, 1.165) is 17.8 Å². The zero-order valence-electron chi connectivity index (χ0n) is 11.8. The van der Waals surface area contributed by atoms with Crippen LogP contribution in [0.2, 0.25) is 0 Å². The largest absolute Gasteiger partial charge is 0.0683 e. The van der Waals surface area contributed by atoms with Gasteiger partial charge in [-0.3, -0.25) is 0 Å². The van der Waals surface area contributed by atoms with Crippen LogP contribution in [0.5, 0.6) is 0 Å². The van der Waals surface area contributed by atoms with E-state index in [4.69, 9.17) is 0 Å². The minimum atomic E-state index is 1.04. The Kier molecular flexibility index (Phi) is 7.16. The van der Waals surface area contributed by atoms with Crippen LogP contribution in [0.3, 0.4) is 0 Å². The smallest absolute Gasteiger partial charge is 0.0386 e. The SMILES string of the molecule is CC.CC(C1CCCCC1)C1CCCCC1. The van der Waals surface area contributed by atoms with Gasteiger partial charge in [-0.25, -0.2) is 0 Å². The first kappa shape index (κ1) is 14.1. The van der Waals surface area contributed by atoms with Gasteiger partial charge in [0.05, 0.1) is 0 Å². The van der Waals surface area contributed by atoms with Crippen molar-refractivity contribution in [3.8, 4) is 0 Å². The summed E-state index contributed by atoms with van der Waals surface area (Å²) in [5, 5.41) is 0. The van der Waals surface area contributed by atoms with Crippen molar-refractivity contribution in [3.63, 3.8) is 0 Å². The van der Waals surface area contributed by atoms with E-state index in [1.165, 1.54) is 64.2 Å². The summed E-state index contributed by atoms with van der Waals surface area (Å²) in [6.07, 6.45) is 15.2. The van der Waals surface area contributed by atoms with Crippen molar-refractivity contribution in [1.29, 1.82) is 0 Å². The zero-order chi connectivity index (χ0) is 11.8. The summed E-state index contributed by atoms with van der Waals surface area (Å²) in [6.45, 7) is 6.55. The lowest BCUT2D eigenvalue weighted by atomic mass is 9.71. The lowest BCUT2D eigenvalue weighted by molar-refractivity contribution is 0.159. The van der Waals surface area contributed by atoms with E-state index in [2.05, 4.69) is 6.92 Å². The predicted molar refractivity (Wildman–Crippen MR) is 73.7 cm³/mol. The molecule has 0 saturated heterocycles. The van der Waals surface area contributed by atoms with Gasteiger partial charge in [-0.15, -0.1) is 0 Å². The average Bonchev–Trinajstić information content (AvgIpc) is 2.42. The van der Waals surface area contributed by atoms with Crippen LogP contribution < -0.4 is 0 Å². The molecule has 0 aromatic rings. The summed E-state index contributed by atoms with van der Waals surface area (Å²) in [5.41, 5.74) is 0. The number of hydrogen-bond donors (Lipinski definition) is 0. The molecule has 0 aromatic heterocycles. The fourth-order valence-corrected chi connectivity index (χ4v) is 3.70. The Morgan fingerprint density at radius 2 is 0.938 bits per heavy atom. The Hall–Kier alpha value is 0. The van der Waals surface area contributed by atoms with Crippen LogP contribution in [0.4, 0.5) is 0 Å². The van der Waals surface area contributed by atoms with Crippen LogP contribution in [0.15, 0.2) is 0 Å². The third-order valence-electron chi connectivity index (χ3n) is 4.79. The maximum absolute atomic E-state index is 2.55. The van der Waals surface area contributed by atoms with Crippen molar-refractivity contribution in [2.24, 2.45) is 17.8 Å². The molecule has 0 unspecified atom stereocenters. The first-order chi connectivity index (χ1) is 7.88. The molecule has 0 radical (unpaired) electrons. The quantitative estimate of drug-likeness (QED) is 0.555. The van der Waals surface area contributed by atoms with Gasteiger partial charge in [-0.05, 0) is 17.8 Å². The fourth-order valence-electron chi connectivity index (χ4n) is 3.70. The summed E-state index contributed by atoms with van der Waals surface area (Å²) in [7, 11) is 0. The lowest BCUT2D eigenvalue weighted by Crippen LogP contribution is -2.24. The molecule has 16 heavy (non-hydrogen) atoms. The molecule has 2 rings (SSSR count). The number of rotatable bonds is 2. The zero-order valence-corrected chi connectivity index (χ0v) is 11.8. The van der Waals surface area contributed by atoms with E-state index in [1.54, 1.807) is 0 Å². The molecule has 96 valence electrons. The van der Waals surface area contributed by atoms with Gasteiger partial charge in [-0.1, -0.05) is 85.0 Å². The molecule has 0 spiro atoms. The Balaban J connectivity index is 0.000000606. The van der Waals surface area contributed by atoms with Crippen molar-refractivity contribution < 1.29 is 0 Å². The van der Waals surface area contributed by atoms with Crippen LogP contribution >= 0.6 is 0 Å². The molecule has 0 N–H and O–H groups in total. The topological polar surface area (TPSA) is 0 Å². The summed E-state index contributed by atoms with van der Waals surface area (Å²) in [4.78, 5) is 0. The third-order valence-corrected chi connectivity index (χ3v) is 4.79. The minimum absolute atomic E-state index is 1.04. The highest BCUT2D eigenvalue weighted by atomic mass is 14.3. The Labute approximate surface area is 103 Å². The van der Waals surface area contributed by atoms with E-state index in [-0.39, 0.29) is 0 Å². The van der Waals surface area contributed by atoms with Crippen molar-refractivity contribution in [3.05, 3.63) is 0 Å². The van der Waals surface area contributed by atoms with Crippen LogP contribution in [0.25, 0.3) is 0 Å². The van der Waals surface area contributed by atoms with E-state index < -0.39 is 0 Å². The molecule has 0 aromatic carbocycles. The van der Waals surface area contributed by atoms with Crippen molar-refractivity contribution >= 4 is 0 Å². The molecule has 0 heterocycles. The highest BCUT2D eigenvalue weighted by molar-refractivity contribution is 4.78.